The number of phenolic OH excluding ortho intramolecular Hbond substituents is 2. The summed E-state index contributed by atoms with van der Waals surface area (Å²) in [5, 5.41) is 20.3. The molecule has 0 atom stereocenters. The number of aromatic hydroxyl groups is 2. The van der Waals surface area contributed by atoms with E-state index in [4.69, 9.17) is 4.74 Å². The molecule has 0 aliphatic heterocycles. The number of phenols is 2. The first kappa shape index (κ1) is 30.4. The van der Waals surface area contributed by atoms with Crippen molar-refractivity contribution in [1.82, 2.24) is 0 Å². The second-order valence-corrected chi connectivity index (χ2v) is 10.7. The van der Waals surface area contributed by atoms with Crippen LogP contribution in [0.15, 0.2) is 40.9 Å². The third kappa shape index (κ3) is 11.9. The van der Waals surface area contributed by atoms with Crippen molar-refractivity contribution >= 4 is 21.7 Å². The van der Waals surface area contributed by atoms with Gasteiger partial charge in [0.2, 0.25) is 0 Å². The van der Waals surface area contributed by atoms with Gasteiger partial charge in [0.25, 0.3) is 0 Å². The Morgan fingerprint density at radius 3 is 1.89 bits per heavy atom. The first-order valence-electron chi connectivity index (χ1n) is 13.8. The van der Waals surface area contributed by atoms with Gasteiger partial charge in [0.05, 0.1) is 11.1 Å². The van der Waals surface area contributed by atoms with Gasteiger partial charge in [0.1, 0.15) is 17.3 Å². The number of benzene rings is 2. The highest BCUT2D eigenvalue weighted by atomic mass is 79.9. The van der Waals surface area contributed by atoms with Gasteiger partial charge < -0.3 is 14.9 Å². The molecule has 0 aliphatic carbocycles. The van der Waals surface area contributed by atoms with Crippen LogP contribution in [0.25, 0.3) is 0 Å². The number of ether oxygens (including phenoxy) is 1. The van der Waals surface area contributed by atoms with Crippen LogP contribution < -0.4 is 0 Å². The van der Waals surface area contributed by atoms with Crippen molar-refractivity contribution in [2.75, 3.05) is 13.7 Å². The molecule has 2 N–H and O–H groups in total. The molecule has 36 heavy (non-hydrogen) atoms. The zero-order chi connectivity index (χ0) is 26.0. The molecule has 0 amide bonds. The topological polar surface area (TPSA) is 66.8 Å². The maximum absolute atomic E-state index is 12.5. The van der Waals surface area contributed by atoms with Crippen molar-refractivity contribution in [2.45, 2.75) is 103 Å². The number of aryl methyl sites for hydroxylation is 1. The highest BCUT2D eigenvalue weighted by Gasteiger charge is 2.18. The Balaban J connectivity index is 1.47. The molecule has 0 aliphatic rings. The standard InChI is InChI=1S/C31H45BrO4/c1-36-22-21-27-28(29(34)24-30(35)31(27)32)23-26(33)20-16-11-9-7-5-3-2-4-6-8-10-13-17-25-18-14-12-15-19-25/h12,14-15,18-19,24,34-35H,2-11,13,16-17,20-23H2,1H3. The van der Waals surface area contributed by atoms with Crippen LogP contribution in [0.2, 0.25) is 0 Å². The minimum atomic E-state index is -0.0256. The average Bonchev–Trinajstić information content (AvgIpc) is 2.87. The average molecular weight is 562 g/mol. The highest BCUT2D eigenvalue weighted by molar-refractivity contribution is 9.10. The Kier molecular flexibility index (Phi) is 15.5. The van der Waals surface area contributed by atoms with Gasteiger partial charge in [-0.2, -0.15) is 0 Å². The number of halogens is 1. The van der Waals surface area contributed by atoms with Crippen molar-refractivity contribution in [3.63, 3.8) is 0 Å². The fraction of sp³-hybridized carbons (Fsp3) is 0.581. The molecule has 0 spiro atoms. The lowest BCUT2D eigenvalue weighted by atomic mass is 9.96. The smallest absolute Gasteiger partial charge is 0.137 e. The van der Waals surface area contributed by atoms with Gasteiger partial charge in [-0.1, -0.05) is 94.5 Å². The van der Waals surface area contributed by atoms with Crippen molar-refractivity contribution in [3.05, 3.63) is 57.6 Å². The first-order chi connectivity index (χ1) is 17.5. The number of Topliss-reactive ketones (excluding diaryl/α,β-unsaturated/α-hetero) is 1. The zero-order valence-electron chi connectivity index (χ0n) is 22.1. The molecule has 2 rings (SSSR count). The second-order valence-electron chi connectivity index (χ2n) is 9.87. The fourth-order valence-corrected chi connectivity index (χ4v) is 5.28. The molecule has 5 heteroatoms. The largest absolute Gasteiger partial charge is 0.508 e. The fourth-order valence-electron chi connectivity index (χ4n) is 4.73. The molecule has 0 heterocycles. The summed E-state index contributed by atoms with van der Waals surface area (Å²) in [7, 11) is 1.61. The molecule has 0 fully saturated rings. The molecular weight excluding hydrogens is 516 g/mol. The molecule has 200 valence electrons. The summed E-state index contributed by atoms with van der Waals surface area (Å²) in [5.74, 6) is 0.0845. The SMILES string of the molecule is COCCc1c(Br)c(O)cc(O)c1CC(=O)CCCCCCCCCCCCCCc1ccccc1. The summed E-state index contributed by atoms with van der Waals surface area (Å²) < 4.78 is 5.67. The Morgan fingerprint density at radius 1 is 0.750 bits per heavy atom. The van der Waals surface area contributed by atoms with Crippen LogP contribution in [0.4, 0.5) is 0 Å². The van der Waals surface area contributed by atoms with Gasteiger partial charge in [-0.25, -0.2) is 0 Å². The second kappa shape index (κ2) is 18.4. The van der Waals surface area contributed by atoms with Crippen LogP contribution in [0, 0.1) is 0 Å². The maximum atomic E-state index is 12.5. The Labute approximate surface area is 226 Å². The minimum absolute atomic E-state index is 0.0198. The summed E-state index contributed by atoms with van der Waals surface area (Å²) >= 11 is 3.38. The molecule has 0 unspecified atom stereocenters. The van der Waals surface area contributed by atoms with E-state index in [1.165, 1.54) is 82.3 Å². The first-order valence-corrected chi connectivity index (χ1v) is 14.6. The van der Waals surface area contributed by atoms with Crippen LogP contribution in [0.5, 0.6) is 11.5 Å². The van der Waals surface area contributed by atoms with E-state index in [9.17, 15) is 15.0 Å². The quantitative estimate of drug-likeness (QED) is 0.159. The van der Waals surface area contributed by atoms with Gasteiger partial charge in [0.15, 0.2) is 0 Å². The van der Waals surface area contributed by atoms with Crippen molar-refractivity contribution in [1.29, 1.82) is 0 Å². The van der Waals surface area contributed by atoms with Crippen LogP contribution in [-0.4, -0.2) is 29.7 Å². The van der Waals surface area contributed by atoms with Crippen molar-refractivity contribution in [2.24, 2.45) is 0 Å². The molecule has 0 radical (unpaired) electrons. The summed E-state index contributed by atoms with van der Waals surface area (Å²) in [6, 6.07) is 12.1. The van der Waals surface area contributed by atoms with E-state index in [1.807, 2.05) is 0 Å². The van der Waals surface area contributed by atoms with Gasteiger partial charge >= 0.3 is 0 Å². The molecular formula is C31H45BrO4. The predicted octanol–water partition coefficient (Wildman–Crippen LogP) is 8.47. The number of carbonyl (C=O) groups excluding carboxylic acids is 1. The van der Waals surface area contributed by atoms with E-state index in [1.54, 1.807) is 7.11 Å². The molecule has 0 saturated heterocycles. The molecule has 2 aromatic rings. The summed E-state index contributed by atoms with van der Waals surface area (Å²) in [5.41, 5.74) is 2.80. The van der Waals surface area contributed by atoms with Crippen LogP contribution in [0.3, 0.4) is 0 Å². The molecule has 0 bridgehead atoms. The third-order valence-corrected chi connectivity index (χ3v) is 7.77. The van der Waals surface area contributed by atoms with Gasteiger partial charge in [-0.3, -0.25) is 4.79 Å². The van der Waals surface area contributed by atoms with Crippen molar-refractivity contribution < 1.29 is 19.7 Å². The number of hydrogen-bond donors (Lipinski definition) is 2. The minimum Gasteiger partial charge on any atom is -0.508 e. The summed E-state index contributed by atoms with van der Waals surface area (Å²) in [6.07, 6.45) is 17.5. The normalized spacial score (nSPS) is 11.2. The number of unbranched alkanes of at least 4 members (excludes halogenated alkanes) is 11. The lowest BCUT2D eigenvalue weighted by molar-refractivity contribution is -0.118. The van der Waals surface area contributed by atoms with Crippen molar-refractivity contribution in [3.8, 4) is 11.5 Å². The molecule has 0 saturated carbocycles. The van der Waals surface area contributed by atoms with E-state index in [0.717, 1.165) is 18.4 Å². The lowest BCUT2D eigenvalue weighted by Crippen LogP contribution is -2.08. The van der Waals surface area contributed by atoms with Crippen LogP contribution in [-0.2, 0) is 28.8 Å². The van der Waals surface area contributed by atoms with Crippen LogP contribution in [0.1, 0.15) is 100 Å². The number of ketones is 1. The lowest BCUT2D eigenvalue weighted by Gasteiger charge is -2.14. The number of carbonyl (C=O) groups is 1. The molecule has 4 nitrogen and oxygen atoms in total. The van der Waals surface area contributed by atoms with E-state index >= 15 is 0 Å². The Hall–Kier alpha value is -1.85. The van der Waals surface area contributed by atoms with Crippen LogP contribution >= 0.6 is 15.9 Å². The van der Waals surface area contributed by atoms with E-state index < -0.39 is 0 Å². The Morgan fingerprint density at radius 2 is 1.31 bits per heavy atom. The third-order valence-electron chi connectivity index (χ3n) is 6.88. The molecule has 0 aromatic heterocycles. The van der Waals surface area contributed by atoms with Gasteiger partial charge in [-0.05, 0) is 52.7 Å². The Bertz CT molecular complexity index is 882. The number of methoxy groups -OCH3 is 1. The van der Waals surface area contributed by atoms with Gasteiger partial charge in [-0.15, -0.1) is 0 Å². The zero-order valence-corrected chi connectivity index (χ0v) is 23.7. The summed E-state index contributed by atoms with van der Waals surface area (Å²) in [6.45, 7) is 0.456. The van der Waals surface area contributed by atoms with E-state index in [0.29, 0.717) is 29.5 Å². The highest BCUT2D eigenvalue weighted by Crippen LogP contribution is 2.37. The molecule has 2 aromatic carbocycles. The van der Waals surface area contributed by atoms with E-state index in [2.05, 4.69) is 46.3 Å². The summed E-state index contributed by atoms with van der Waals surface area (Å²) in [4.78, 5) is 12.5. The van der Waals surface area contributed by atoms with E-state index in [-0.39, 0.29) is 23.7 Å². The monoisotopic (exact) mass is 560 g/mol. The maximum Gasteiger partial charge on any atom is 0.137 e. The van der Waals surface area contributed by atoms with Gasteiger partial charge in [0, 0.05) is 31.6 Å². The predicted molar refractivity (Wildman–Crippen MR) is 152 cm³/mol. The number of hydrogen-bond acceptors (Lipinski definition) is 4. The number of rotatable bonds is 20.